The lowest BCUT2D eigenvalue weighted by atomic mass is 10.0. The van der Waals surface area contributed by atoms with Crippen LogP contribution in [0, 0.1) is 0 Å². The van der Waals surface area contributed by atoms with E-state index in [1.165, 1.54) is 12.1 Å². The number of anilines is 2. The molecular weight excluding hydrogens is 474 g/mol. The van der Waals surface area contributed by atoms with Crippen molar-refractivity contribution in [3.05, 3.63) is 83.9 Å². The smallest absolute Gasteiger partial charge is 0.261 e. The van der Waals surface area contributed by atoms with E-state index in [1.807, 2.05) is 36.4 Å². The zero-order valence-corrected chi connectivity index (χ0v) is 21.8. The van der Waals surface area contributed by atoms with Crippen molar-refractivity contribution in [2.24, 2.45) is 0 Å². The molecular formula is C28H33N3O4S. The maximum atomic E-state index is 13.3. The molecule has 0 unspecified atom stereocenters. The zero-order valence-electron chi connectivity index (χ0n) is 21.0. The molecule has 4 rings (SSSR count). The molecule has 7 nitrogen and oxygen atoms in total. The Morgan fingerprint density at radius 3 is 2.39 bits per heavy atom. The van der Waals surface area contributed by atoms with E-state index in [-0.39, 0.29) is 10.8 Å². The fourth-order valence-electron chi connectivity index (χ4n) is 4.38. The summed E-state index contributed by atoms with van der Waals surface area (Å²) in [6.45, 7) is 6.77. The number of rotatable bonds is 7. The molecule has 0 saturated carbocycles. The highest BCUT2D eigenvalue weighted by atomic mass is 32.2. The Kier molecular flexibility index (Phi) is 7.84. The van der Waals surface area contributed by atoms with Gasteiger partial charge in [0.05, 0.1) is 17.7 Å². The number of para-hydroxylation sites is 2. The molecule has 0 radical (unpaired) electrons. The summed E-state index contributed by atoms with van der Waals surface area (Å²) in [6, 6.07) is 21.5. The number of amides is 1. The van der Waals surface area contributed by atoms with Crippen molar-refractivity contribution >= 4 is 27.3 Å². The predicted molar refractivity (Wildman–Crippen MR) is 144 cm³/mol. The summed E-state index contributed by atoms with van der Waals surface area (Å²) in [4.78, 5) is 17.4. The van der Waals surface area contributed by atoms with E-state index in [2.05, 4.69) is 23.5 Å². The molecule has 1 fully saturated rings. The third kappa shape index (κ3) is 5.82. The van der Waals surface area contributed by atoms with E-state index >= 15 is 0 Å². The van der Waals surface area contributed by atoms with Gasteiger partial charge in [0, 0.05) is 37.4 Å². The molecule has 190 valence electrons. The van der Waals surface area contributed by atoms with Gasteiger partial charge >= 0.3 is 0 Å². The summed E-state index contributed by atoms with van der Waals surface area (Å²) in [6.07, 6.45) is 0.801. The van der Waals surface area contributed by atoms with Crippen molar-refractivity contribution in [1.82, 2.24) is 4.90 Å². The first-order valence-electron chi connectivity index (χ1n) is 12.2. The third-order valence-corrected chi connectivity index (χ3v) is 7.81. The highest BCUT2D eigenvalue weighted by Gasteiger charge is 2.23. The van der Waals surface area contributed by atoms with Gasteiger partial charge in [0.25, 0.3) is 15.9 Å². The molecule has 1 N–H and O–H groups in total. The molecule has 0 spiro atoms. The van der Waals surface area contributed by atoms with Gasteiger partial charge in [-0.2, -0.15) is 0 Å². The van der Waals surface area contributed by atoms with Crippen LogP contribution in [0.25, 0.3) is 0 Å². The fourth-order valence-corrected chi connectivity index (χ4v) is 5.49. The van der Waals surface area contributed by atoms with Gasteiger partial charge in [-0.1, -0.05) is 44.2 Å². The van der Waals surface area contributed by atoms with Gasteiger partial charge < -0.3 is 14.5 Å². The first kappa shape index (κ1) is 25.6. The van der Waals surface area contributed by atoms with E-state index in [0.717, 1.165) is 30.0 Å². The molecule has 0 aromatic heterocycles. The number of ether oxygens (including phenoxy) is 1. The highest BCUT2D eigenvalue weighted by molar-refractivity contribution is 7.92. The second-order valence-corrected chi connectivity index (χ2v) is 10.9. The molecule has 1 amide bonds. The topological polar surface area (TPSA) is 79.0 Å². The standard InChI is InChI=1S/C28H33N3O4S/c1-21(2)22-12-14-24(15-13-22)29-36(33,34)25-9-6-8-23(20-25)28(32)31-17-7-16-30(18-19-31)26-10-4-5-11-27(26)35-3/h4-6,8-15,20-21,29H,7,16-19H2,1-3H3. The summed E-state index contributed by atoms with van der Waals surface area (Å²) in [7, 11) is -2.18. The minimum Gasteiger partial charge on any atom is -0.495 e. The number of carbonyl (C=O) groups is 1. The number of hydrogen-bond acceptors (Lipinski definition) is 5. The number of methoxy groups -OCH3 is 1. The summed E-state index contributed by atoms with van der Waals surface area (Å²) >= 11 is 0. The molecule has 0 bridgehead atoms. The Labute approximate surface area is 213 Å². The molecule has 8 heteroatoms. The summed E-state index contributed by atoms with van der Waals surface area (Å²) in [5.41, 5.74) is 2.99. The van der Waals surface area contributed by atoms with Crippen molar-refractivity contribution in [2.75, 3.05) is 42.9 Å². The van der Waals surface area contributed by atoms with Gasteiger partial charge in [-0.05, 0) is 60.4 Å². The molecule has 0 aliphatic carbocycles. The number of nitrogens with one attached hydrogen (secondary N) is 1. The first-order chi connectivity index (χ1) is 17.3. The largest absolute Gasteiger partial charge is 0.495 e. The SMILES string of the molecule is COc1ccccc1N1CCCN(C(=O)c2cccc(S(=O)(=O)Nc3ccc(C(C)C)cc3)c2)CC1. The molecule has 3 aromatic rings. The summed E-state index contributed by atoms with van der Waals surface area (Å²) in [5, 5.41) is 0. The maximum absolute atomic E-state index is 13.3. The molecule has 1 saturated heterocycles. The van der Waals surface area contributed by atoms with Crippen LogP contribution < -0.4 is 14.4 Å². The Bertz CT molecular complexity index is 1310. The lowest BCUT2D eigenvalue weighted by Crippen LogP contribution is -2.35. The maximum Gasteiger partial charge on any atom is 0.261 e. The lowest BCUT2D eigenvalue weighted by Gasteiger charge is -2.25. The van der Waals surface area contributed by atoms with Crippen LogP contribution >= 0.6 is 0 Å². The molecule has 36 heavy (non-hydrogen) atoms. The Morgan fingerprint density at radius 2 is 1.67 bits per heavy atom. The zero-order chi connectivity index (χ0) is 25.7. The fraction of sp³-hybridized carbons (Fsp3) is 0.321. The van der Waals surface area contributed by atoms with Crippen LogP contribution in [0.15, 0.2) is 77.7 Å². The van der Waals surface area contributed by atoms with Crippen LogP contribution in [0.1, 0.15) is 42.1 Å². The monoisotopic (exact) mass is 507 g/mol. The van der Waals surface area contributed by atoms with Crippen LogP contribution in [0.4, 0.5) is 11.4 Å². The Hall–Kier alpha value is -3.52. The lowest BCUT2D eigenvalue weighted by molar-refractivity contribution is 0.0767. The molecule has 1 heterocycles. The summed E-state index contributed by atoms with van der Waals surface area (Å²) < 4.78 is 34.2. The Balaban J connectivity index is 1.47. The number of benzene rings is 3. The van der Waals surface area contributed by atoms with Crippen molar-refractivity contribution < 1.29 is 17.9 Å². The normalized spacial score (nSPS) is 14.4. The van der Waals surface area contributed by atoms with Crippen LogP contribution in [-0.2, 0) is 10.0 Å². The van der Waals surface area contributed by atoms with E-state index in [1.54, 1.807) is 36.3 Å². The quantitative estimate of drug-likeness (QED) is 0.488. The molecule has 0 atom stereocenters. The van der Waals surface area contributed by atoms with Gasteiger partial charge in [-0.25, -0.2) is 8.42 Å². The average Bonchev–Trinajstić information content (AvgIpc) is 3.15. The number of nitrogens with zero attached hydrogens (tertiary/aromatic N) is 2. The van der Waals surface area contributed by atoms with Gasteiger partial charge in [-0.15, -0.1) is 0 Å². The molecule has 1 aliphatic rings. The van der Waals surface area contributed by atoms with Crippen molar-refractivity contribution in [1.29, 1.82) is 0 Å². The van der Waals surface area contributed by atoms with Gasteiger partial charge in [0.2, 0.25) is 0 Å². The van der Waals surface area contributed by atoms with E-state index < -0.39 is 10.0 Å². The number of sulfonamides is 1. The first-order valence-corrected chi connectivity index (χ1v) is 13.7. The van der Waals surface area contributed by atoms with Gasteiger partial charge in [0.15, 0.2) is 0 Å². The average molecular weight is 508 g/mol. The third-order valence-electron chi connectivity index (χ3n) is 6.43. The van der Waals surface area contributed by atoms with E-state index in [4.69, 9.17) is 4.74 Å². The van der Waals surface area contributed by atoms with Crippen LogP contribution in [0.5, 0.6) is 5.75 Å². The minimum atomic E-state index is -3.84. The minimum absolute atomic E-state index is 0.0618. The second-order valence-electron chi connectivity index (χ2n) is 9.21. The van der Waals surface area contributed by atoms with E-state index in [0.29, 0.717) is 36.8 Å². The van der Waals surface area contributed by atoms with Crippen molar-refractivity contribution in [3.8, 4) is 5.75 Å². The predicted octanol–water partition coefficient (Wildman–Crippen LogP) is 4.97. The van der Waals surface area contributed by atoms with Crippen LogP contribution in [0.2, 0.25) is 0 Å². The number of hydrogen-bond donors (Lipinski definition) is 1. The second kappa shape index (κ2) is 11.0. The molecule has 1 aliphatic heterocycles. The van der Waals surface area contributed by atoms with Crippen molar-refractivity contribution in [2.45, 2.75) is 31.1 Å². The highest BCUT2D eigenvalue weighted by Crippen LogP contribution is 2.28. The number of carbonyl (C=O) groups excluding carboxylic acids is 1. The van der Waals surface area contributed by atoms with E-state index in [9.17, 15) is 13.2 Å². The van der Waals surface area contributed by atoms with Crippen LogP contribution in [0.3, 0.4) is 0 Å². The summed E-state index contributed by atoms with van der Waals surface area (Å²) in [5.74, 6) is 0.996. The Morgan fingerprint density at radius 1 is 0.917 bits per heavy atom. The van der Waals surface area contributed by atoms with Crippen molar-refractivity contribution in [3.63, 3.8) is 0 Å². The van der Waals surface area contributed by atoms with Gasteiger partial charge in [0.1, 0.15) is 5.75 Å². The van der Waals surface area contributed by atoms with Gasteiger partial charge in [-0.3, -0.25) is 9.52 Å². The van der Waals surface area contributed by atoms with Crippen LogP contribution in [-0.4, -0.2) is 52.5 Å². The molecule has 3 aromatic carbocycles.